The van der Waals surface area contributed by atoms with Crippen molar-refractivity contribution >= 4 is 5.97 Å². The molecule has 4 heteroatoms. The molecule has 0 fully saturated rings. The average Bonchev–Trinajstić information content (AvgIpc) is 2.30. The number of carbonyl (C=O) groups is 1. The molecule has 1 atom stereocenters. The molecule has 17 heavy (non-hydrogen) atoms. The van der Waals surface area contributed by atoms with Gasteiger partial charge in [0.05, 0.1) is 0 Å². The molecule has 0 bridgehead atoms. The van der Waals surface area contributed by atoms with Crippen molar-refractivity contribution in [3.63, 3.8) is 0 Å². The van der Waals surface area contributed by atoms with Crippen molar-refractivity contribution in [3.05, 3.63) is 0 Å². The van der Waals surface area contributed by atoms with E-state index in [0.717, 1.165) is 39.0 Å². The predicted octanol–water partition coefficient (Wildman–Crippen LogP) is 1.95. The maximum absolute atomic E-state index is 10.3. The number of nitrogens with one attached hydrogen (secondary N) is 1. The van der Waals surface area contributed by atoms with Crippen molar-refractivity contribution in [2.24, 2.45) is 0 Å². The number of nitrogens with zero attached hydrogens (tertiary/aromatic N) is 1. The minimum absolute atomic E-state index is 0.263. The zero-order valence-corrected chi connectivity index (χ0v) is 11.5. The summed E-state index contributed by atoms with van der Waals surface area (Å²) in [5.41, 5.74) is 0. The first-order valence-electron chi connectivity index (χ1n) is 6.77. The van der Waals surface area contributed by atoms with Gasteiger partial charge in [-0.15, -0.1) is 0 Å². The van der Waals surface area contributed by atoms with Crippen LogP contribution in [0, 0.1) is 0 Å². The molecule has 0 heterocycles. The van der Waals surface area contributed by atoms with Gasteiger partial charge >= 0.3 is 5.97 Å². The van der Waals surface area contributed by atoms with E-state index in [1.165, 1.54) is 6.42 Å². The molecule has 0 saturated heterocycles. The number of hydrogen-bond donors (Lipinski definition) is 2. The predicted molar refractivity (Wildman–Crippen MR) is 71.4 cm³/mol. The van der Waals surface area contributed by atoms with Crippen LogP contribution >= 0.6 is 0 Å². The molecule has 0 saturated carbocycles. The van der Waals surface area contributed by atoms with Gasteiger partial charge in [0.1, 0.15) is 0 Å². The van der Waals surface area contributed by atoms with Gasteiger partial charge in [0.2, 0.25) is 0 Å². The number of hydrogen-bond acceptors (Lipinski definition) is 3. The lowest BCUT2D eigenvalue weighted by Gasteiger charge is -2.19. The van der Waals surface area contributed by atoms with Gasteiger partial charge in [-0.1, -0.05) is 13.8 Å². The summed E-state index contributed by atoms with van der Waals surface area (Å²) in [5, 5.41) is 11.9. The highest BCUT2D eigenvalue weighted by atomic mass is 16.4. The number of carboxylic acids is 1. The summed E-state index contributed by atoms with van der Waals surface area (Å²) < 4.78 is 0. The summed E-state index contributed by atoms with van der Waals surface area (Å²) in [4.78, 5) is 12.8. The van der Waals surface area contributed by atoms with Crippen LogP contribution in [0.25, 0.3) is 0 Å². The van der Waals surface area contributed by atoms with Gasteiger partial charge in [0.15, 0.2) is 0 Å². The molecule has 0 rings (SSSR count). The van der Waals surface area contributed by atoms with Crippen LogP contribution in [0.3, 0.4) is 0 Å². The number of rotatable bonds is 11. The second-order valence-corrected chi connectivity index (χ2v) is 4.52. The van der Waals surface area contributed by atoms with E-state index in [4.69, 9.17) is 5.11 Å². The standard InChI is InChI=1S/C13H28N2O2/c1-4-15(5-2)11-7-8-12(3)14-10-6-9-13(16)17/h12,14H,4-11H2,1-3H3,(H,16,17). The Morgan fingerprint density at radius 3 is 2.47 bits per heavy atom. The minimum atomic E-state index is -0.707. The molecule has 0 aromatic rings. The molecule has 0 radical (unpaired) electrons. The lowest BCUT2D eigenvalue weighted by atomic mass is 10.1. The molecule has 0 aromatic heterocycles. The van der Waals surface area contributed by atoms with Crippen molar-refractivity contribution < 1.29 is 9.90 Å². The lowest BCUT2D eigenvalue weighted by molar-refractivity contribution is -0.137. The van der Waals surface area contributed by atoms with Gasteiger partial charge in [-0.25, -0.2) is 0 Å². The third-order valence-corrected chi connectivity index (χ3v) is 3.07. The summed E-state index contributed by atoms with van der Waals surface area (Å²) in [6.07, 6.45) is 3.34. The molecule has 0 spiro atoms. The molecule has 0 aliphatic carbocycles. The van der Waals surface area contributed by atoms with Crippen molar-refractivity contribution in [1.29, 1.82) is 0 Å². The Bertz CT molecular complexity index is 194. The first-order chi connectivity index (χ1) is 8.10. The highest BCUT2D eigenvalue weighted by Gasteiger charge is 2.04. The molecule has 102 valence electrons. The summed E-state index contributed by atoms with van der Waals surface area (Å²) in [7, 11) is 0. The first-order valence-corrected chi connectivity index (χ1v) is 6.77. The Balaban J connectivity index is 3.39. The Hall–Kier alpha value is -0.610. The van der Waals surface area contributed by atoms with Crippen LogP contribution in [0.15, 0.2) is 0 Å². The van der Waals surface area contributed by atoms with Crippen molar-refractivity contribution in [1.82, 2.24) is 10.2 Å². The third kappa shape index (κ3) is 10.3. The molecule has 4 nitrogen and oxygen atoms in total. The zero-order valence-electron chi connectivity index (χ0n) is 11.5. The van der Waals surface area contributed by atoms with Gasteiger partial charge in [-0.05, 0) is 52.4 Å². The second kappa shape index (κ2) is 10.5. The minimum Gasteiger partial charge on any atom is -0.481 e. The monoisotopic (exact) mass is 244 g/mol. The number of aliphatic carboxylic acids is 1. The first kappa shape index (κ1) is 16.4. The number of carboxylic acid groups (broad SMARTS) is 1. The van der Waals surface area contributed by atoms with Crippen LogP contribution in [0.4, 0.5) is 0 Å². The van der Waals surface area contributed by atoms with Gasteiger partial charge < -0.3 is 15.3 Å². The molecule has 1 unspecified atom stereocenters. The largest absolute Gasteiger partial charge is 0.481 e. The summed E-state index contributed by atoms with van der Waals surface area (Å²) in [5.74, 6) is -0.707. The fourth-order valence-electron chi connectivity index (χ4n) is 1.85. The van der Waals surface area contributed by atoms with E-state index in [-0.39, 0.29) is 6.42 Å². The molecular formula is C13H28N2O2. The summed E-state index contributed by atoms with van der Waals surface area (Å²) >= 11 is 0. The average molecular weight is 244 g/mol. The third-order valence-electron chi connectivity index (χ3n) is 3.07. The Morgan fingerprint density at radius 1 is 1.29 bits per heavy atom. The van der Waals surface area contributed by atoms with Crippen LogP contribution in [0.1, 0.15) is 46.5 Å². The molecule has 0 amide bonds. The second-order valence-electron chi connectivity index (χ2n) is 4.52. The molecular weight excluding hydrogens is 216 g/mol. The van der Waals surface area contributed by atoms with Crippen LogP contribution in [0.5, 0.6) is 0 Å². The van der Waals surface area contributed by atoms with Crippen molar-refractivity contribution in [3.8, 4) is 0 Å². The van der Waals surface area contributed by atoms with Gasteiger partial charge in [0, 0.05) is 12.5 Å². The van der Waals surface area contributed by atoms with E-state index in [0.29, 0.717) is 6.04 Å². The normalized spacial score (nSPS) is 12.9. The maximum atomic E-state index is 10.3. The lowest BCUT2D eigenvalue weighted by Crippen LogP contribution is -2.29. The van der Waals surface area contributed by atoms with E-state index >= 15 is 0 Å². The van der Waals surface area contributed by atoms with Crippen LogP contribution < -0.4 is 5.32 Å². The molecule has 0 aromatic carbocycles. The van der Waals surface area contributed by atoms with Crippen LogP contribution in [0.2, 0.25) is 0 Å². The topological polar surface area (TPSA) is 52.6 Å². The van der Waals surface area contributed by atoms with Crippen molar-refractivity contribution in [2.45, 2.75) is 52.5 Å². The Morgan fingerprint density at radius 2 is 1.94 bits per heavy atom. The fraction of sp³-hybridized carbons (Fsp3) is 0.923. The SMILES string of the molecule is CCN(CC)CCCC(C)NCCCC(=O)O. The van der Waals surface area contributed by atoms with E-state index in [1.54, 1.807) is 0 Å². The maximum Gasteiger partial charge on any atom is 0.303 e. The fourth-order valence-corrected chi connectivity index (χ4v) is 1.85. The van der Waals surface area contributed by atoms with Crippen LogP contribution in [-0.4, -0.2) is 48.2 Å². The van der Waals surface area contributed by atoms with Gasteiger partial charge in [0.25, 0.3) is 0 Å². The van der Waals surface area contributed by atoms with E-state index in [9.17, 15) is 4.79 Å². The Labute approximate surface area is 105 Å². The highest BCUT2D eigenvalue weighted by Crippen LogP contribution is 2.00. The molecule has 0 aliphatic heterocycles. The van der Waals surface area contributed by atoms with Gasteiger partial charge in [-0.2, -0.15) is 0 Å². The van der Waals surface area contributed by atoms with Gasteiger partial charge in [-0.3, -0.25) is 4.79 Å². The van der Waals surface area contributed by atoms with E-state index < -0.39 is 5.97 Å². The quantitative estimate of drug-likeness (QED) is 0.545. The zero-order chi connectivity index (χ0) is 13.1. The van der Waals surface area contributed by atoms with Crippen LogP contribution in [-0.2, 0) is 4.79 Å². The summed E-state index contributed by atoms with van der Waals surface area (Å²) in [6, 6.07) is 0.486. The molecule has 0 aliphatic rings. The molecule has 2 N–H and O–H groups in total. The van der Waals surface area contributed by atoms with E-state index in [2.05, 4.69) is 31.0 Å². The Kier molecular flexibility index (Phi) is 10.2. The van der Waals surface area contributed by atoms with Crippen molar-refractivity contribution in [2.75, 3.05) is 26.2 Å². The van der Waals surface area contributed by atoms with E-state index in [1.807, 2.05) is 0 Å². The summed E-state index contributed by atoms with van der Waals surface area (Å²) in [6.45, 7) is 10.8. The highest BCUT2D eigenvalue weighted by molar-refractivity contribution is 5.66. The smallest absolute Gasteiger partial charge is 0.303 e.